The zero-order valence-electron chi connectivity index (χ0n) is 11.9. The smallest absolute Gasteiger partial charge is 0.0600 e. The number of nitrogens with zero attached hydrogens (tertiary/aromatic N) is 1. The van der Waals surface area contributed by atoms with Gasteiger partial charge in [0.1, 0.15) is 0 Å². The van der Waals surface area contributed by atoms with E-state index < -0.39 is 0 Å². The summed E-state index contributed by atoms with van der Waals surface area (Å²) in [4.78, 5) is 2.43. The number of hydrogen-bond donors (Lipinski definition) is 1. The average Bonchev–Trinajstić information content (AvgIpc) is 2.75. The summed E-state index contributed by atoms with van der Waals surface area (Å²) < 4.78 is 5.79. The lowest BCUT2D eigenvalue weighted by Gasteiger charge is -2.34. The first kappa shape index (κ1) is 14.9. The van der Waals surface area contributed by atoms with Gasteiger partial charge in [0.15, 0.2) is 0 Å². The van der Waals surface area contributed by atoms with Crippen molar-refractivity contribution >= 4 is 0 Å². The van der Waals surface area contributed by atoms with Crippen molar-refractivity contribution < 1.29 is 9.84 Å². The molecule has 102 valence electrons. The molecule has 0 aromatic carbocycles. The van der Waals surface area contributed by atoms with Crippen LogP contribution in [-0.2, 0) is 4.74 Å². The van der Waals surface area contributed by atoms with Crippen LogP contribution in [0.4, 0.5) is 0 Å². The molecule has 1 aliphatic carbocycles. The minimum absolute atomic E-state index is 0.0657. The van der Waals surface area contributed by atoms with E-state index in [1.807, 2.05) is 0 Å². The number of aliphatic hydroxyl groups excluding tert-OH is 1. The molecule has 1 fully saturated rings. The Bertz CT molecular complexity index is 207. The summed E-state index contributed by atoms with van der Waals surface area (Å²) in [5, 5.41) is 9.34. The zero-order chi connectivity index (χ0) is 12.9. The molecular formula is C14H29NO2. The van der Waals surface area contributed by atoms with E-state index in [1.54, 1.807) is 0 Å². The van der Waals surface area contributed by atoms with E-state index in [0.29, 0.717) is 6.04 Å². The third-order valence-electron chi connectivity index (χ3n) is 3.51. The molecule has 1 N–H and O–H groups in total. The molecule has 3 heteroatoms. The van der Waals surface area contributed by atoms with Crippen molar-refractivity contribution in [2.45, 2.75) is 71.1 Å². The predicted molar refractivity (Wildman–Crippen MR) is 71.2 cm³/mol. The van der Waals surface area contributed by atoms with Crippen LogP contribution in [0.3, 0.4) is 0 Å². The van der Waals surface area contributed by atoms with E-state index in [2.05, 4.69) is 32.6 Å². The first-order chi connectivity index (χ1) is 7.94. The van der Waals surface area contributed by atoms with Crippen LogP contribution < -0.4 is 0 Å². The summed E-state index contributed by atoms with van der Waals surface area (Å²) in [7, 11) is 0. The highest BCUT2D eigenvalue weighted by Crippen LogP contribution is 2.25. The molecule has 0 bridgehead atoms. The lowest BCUT2D eigenvalue weighted by Crippen LogP contribution is -2.44. The molecule has 0 heterocycles. The van der Waals surface area contributed by atoms with Crippen molar-refractivity contribution in [1.29, 1.82) is 0 Å². The van der Waals surface area contributed by atoms with Gasteiger partial charge in [-0.1, -0.05) is 12.8 Å². The van der Waals surface area contributed by atoms with Crippen LogP contribution in [0.5, 0.6) is 0 Å². The standard InChI is InChI=1S/C14H29NO2/c1-12(11-16)15(13-7-5-6-8-13)9-10-17-14(2,3)4/h12-13,16H,5-11H2,1-4H3. The van der Waals surface area contributed by atoms with Gasteiger partial charge in [-0.25, -0.2) is 0 Å². The maximum atomic E-state index is 9.34. The van der Waals surface area contributed by atoms with E-state index in [4.69, 9.17) is 4.74 Å². The first-order valence-electron chi connectivity index (χ1n) is 6.94. The van der Waals surface area contributed by atoms with E-state index in [0.717, 1.165) is 13.2 Å². The third kappa shape index (κ3) is 5.36. The number of ether oxygens (including phenoxy) is 1. The Morgan fingerprint density at radius 1 is 1.29 bits per heavy atom. The van der Waals surface area contributed by atoms with Crippen molar-refractivity contribution in [1.82, 2.24) is 4.90 Å². The molecule has 1 unspecified atom stereocenters. The number of hydrogen-bond acceptors (Lipinski definition) is 3. The maximum absolute atomic E-state index is 9.34. The van der Waals surface area contributed by atoms with Gasteiger partial charge in [-0.3, -0.25) is 4.90 Å². The monoisotopic (exact) mass is 243 g/mol. The average molecular weight is 243 g/mol. The van der Waals surface area contributed by atoms with Crippen LogP contribution >= 0.6 is 0 Å². The molecule has 0 aliphatic heterocycles. The van der Waals surface area contributed by atoms with Gasteiger partial charge in [0, 0.05) is 18.6 Å². The molecule has 0 radical (unpaired) electrons. The molecule has 0 spiro atoms. The van der Waals surface area contributed by atoms with Crippen molar-refractivity contribution in [2.75, 3.05) is 19.8 Å². The lowest BCUT2D eigenvalue weighted by atomic mass is 10.1. The van der Waals surface area contributed by atoms with Gasteiger partial charge < -0.3 is 9.84 Å². The zero-order valence-corrected chi connectivity index (χ0v) is 11.9. The topological polar surface area (TPSA) is 32.7 Å². The maximum Gasteiger partial charge on any atom is 0.0600 e. The second-order valence-corrected chi connectivity index (χ2v) is 6.17. The Morgan fingerprint density at radius 3 is 2.35 bits per heavy atom. The Kier molecular flexibility index (Phi) is 5.90. The van der Waals surface area contributed by atoms with Crippen molar-refractivity contribution in [3.8, 4) is 0 Å². The molecule has 0 amide bonds. The third-order valence-corrected chi connectivity index (χ3v) is 3.51. The molecule has 1 rings (SSSR count). The Hall–Kier alpha value is -0.120. The van der Waals surface area contributed by atoms with Crippen LogP contribution in [0.15, 0.2) is 0 Å². The van der Waals surface area contributed by atoms with Crippen molar-refractivity contribution in [2.24, 2.45) is 0 Å². The van der Waals surface area contributed by atoms with Gasteiger partial charge in [0.2, 0.25) is 0 Å². The van der Waals surface area contributed by atoms with Crippen molar-refractivity contribution in [3.05, 3.63) is 0 Å². The molecule has 1 atom stereocenters. The van der Waals surface area contributed by atoms with E-state index in [-0.39, 0.29) is 18.2 Å². The highest BCUT2D eigenvalue weighted by Gasteiger charge is 2.26. The van der Waals surface area contributed by atoms with Gasteiger partial charge in [-0.05, 0) is 40.5 Å². The largest absolute Gasteiger partial charge is 0.395 e. The van der Waals surface area contributed by atoms with E-state index in [1.165, 1.54) is 25.7 Å². The molecule has 0 aromatic heterocycles. The Balaban J connectivity index is 2.40. The first-order valence-corrected chi connectivity index (χ1v) is 6.94. The second-order valence-electron chi connectivity index (χ2n) is 6.17. The minimum Gasteiger partial charge on any atom is -0.395 e. The van der Waals surface area contributed by atoms with Gasteiger partial charge >= 0.3 is 0 Å². The van der Waals surface area contributed by atoms with Crippen molar-refractivity contribution in [3.63, 3.8) is 0 Å². The molecule has 17 heavy (non-hydrogen) atoms. The van der Waals surface area contributed by atoms with Gasteiger partial charge in [0.05, 0.1) is 18.8 Å². The SMILES string of the molecule is CC(CO)N(CCOC(C)(C)C)C1CCCC1. The number of rotatable bonds is 6. The van der Waals surface area contributed by atoms with Gasteiger partial charge in [0.25, 0.3) is 0 Å². The Morgan fingerprint density at radius 2 is 1.88 bits per heavy atom. The summed E-state index contributed by atoms with van der Waals surface area (Å²) >= 11 is 0. The quantitative estimate of drug-likeness (QED) is 0.777. The summed E-state index contributed by atoms with van der Waals surface area (Å²) in [5.74, 6) is 0. The minimum atomic E-state index is -0.0657. The summed E-state index contributed by atoms with van der Waals surface area (Å²) in [6.07, 6.45) is 5.22. The van der Waals surface area contributed by atoms with Crippen LogP contribution in [0.1, 0.15) is 53.4 Å². The fourth-order valence-corrected chi connectivity index (χ4v) is 2.56. The highest BCUT2D eigenvalue weighted by atomic mass is 16.5. The Labute approximate surface area is 106 Å². The van der Waals surface area contributed by atoms with Crippen LogP contribution in [-0.4, -0.2) is 47.4 Å². The summed E-state index contributed by atoms with van der Waals surface area (Å²) in [6.45, 7) is 10.3. The van der Waals surface area contributed by atoms with Crippen LogP contribution in [0, 0.1) is 0 Å². The van der Waals surface area contributed by atoms with Gasteiger partial charge in [-0.2, -0.15) is 0 Å². The molecule has 1 aliphatic rings. The molecule has 3 nitrogen and oxygen atoms in total. The molecular weight excluding hydrogens is 214 g/mol. The van der Waals surface area contributed by atoms with Gasteiger partial charge in [-0.15, -0.1) is 0 Å². The summed E-state index contributed by atoms with van der Waals surface area (Å²) in [6, 6.07) is 0.905. The summed E-state index contributed by atoms with van der Waals surface area (Å²) in [5.41, 5.74) is -0.0657. The van der Waals surface area contributed by atoms with Crippen LogP contribution in [0.2, 0.25) is 0 Å². The molecule has 1 saturated carbocycles. The second kappa shape index (κ2) is 6.72. The van der Waals surface area contributed by atoms with E-state index in [9.17, 15) is 5.11 Å². The van der Waals surface area contributed by atoms with E-state index >= 15 is 0 Å². The molecule has 0 saturated heterocycles. The lowest BCUT2D eigenvalue weighted by molar-refractivity contribution is -0.0265. The fraction of sp³-hybridized carbons (Fsp3) is 1.00. The van der Waals surface area contributed by atoms with Crippen LogP contribution in [0.25, 0.3) is 0 Å². The normalized spacial score (nSPS) is 20.1. The molecule has 0 aromatic rings. The fourth-order valence-electron chi connectivity index (χ4n) is 2.56. The number of aliphatic hydroxyl groups is 1. The highest BCUT2D eigenvalue weighted by molar-refractivity contribution is 4.81. The predicted octanol–water partition coefficient (Wildman–Crippen LogP) is 2.43.